The Bertz CT molecular complexity index is 1090. The molecule has 3 rings (SSSR count). The fourth-order valence-electron chi connectivity index (χ4n) is 2.66. The first kappa shape index (κ1) is 23.4. The minimum absolute atomic E-state index is 0.0264. The Morgan fingerprint density at radius 2 is 1.61 bits per heavy atom. The molecule has 0 aliphatic carbocycles. The molecule has 31 heavy (non-hydrogen) atoms. The average Bonchev–Trinajstić information content (AvgIpc) is 3.12. The molecule has 162 valence electrons. The molecule has 0 saturated carbocycles. The third-order valence-corrected chi connectivity index (χ3v) is 6.05. The second-order valence-electron chi connectivity index (χ2n) is 6.34. The highest BCUT2D eigenvalue weighted by atomic mass is 35.5. The number of hydrogen-bond donors (Lipinski definition) is 2. The van der Waals surface area contributed by atoms with Crippen molar-refractivity contribution < 1.29 is 9.59 Å². The van der Waals surface area contributed by atoms with Crippen molar-refractivity contribution in [3.8, 4) is 0 Å². The zero-order valence-electron chi connectivity index (χ0n) is 16.4. The lowest BCUT2D eigenvalue weighted by molar-refractivity contribution is -0.116. The molecule has 0 aliphatic rings. The predicted octanol–water partition coefficient (Wildman–Crippen LogP) is 5.17. The molecule has 1 heterocycles. The monoisotopic (exact) mass is 497 g/mol. The number of thioether (sulfide) groups is 1. The van der Waals surface area contributed by atoms with E-state index in [0.29, 0.717) is 44.0 Å². The summed E-state index contributed by atoms with van der Waals surface area (Å²) in [6, 6.07) is 11.7. The summed E-state index contributed by atoms with van der Waals surface area (Å²) >= 11 is 19.0. The van der Waals surface area contributed by atoms with E-state index in [9.17, 15) is 9.59 Å². The molecule has 7 nitrogen and oxygen atoms in total. The van der Waals surface area contributed by atoms with Gasteiger partial charge in [0.1, 0.15) is 5.82 Å². The van der Waals surface area contributed by atoms with E-state index in [1.165, 1.54) is 11.8 Å². The van der Waals surface area contributed by atoms with E-state index in [1.54, 1.807) is 47.0 Å². The van der Waals surface area contributed by atoms with Crippen LogP contribution < -0.4 is 10.6 Å². The van der Waals surface area contributed by atoms with Crippen LogP contribution in [0.4, 0.5) is 11.4 Å². The lowest BCUT2D eigenvalue weighted by Gasteiger charge is -2.09. The van der Waals surface area contributed by atoms with Gasteiger partial charge in [0.05, 0.1) is 22.2 Å². The summed E-state index contributed by atoms with van der Waals surface area (Å²) in [5.74, 6) is 0.200. The highest BCUT2D eigenvalue weighted by Gasteiger charge is 2.16. The average molecular weight is 499 g/mol. The number of benzene rings is 2. The quantitative estimate of drug-likeness (QED) is 0.418. The van der Waals surface area contributed by atoms with Gasteiger partial charge in [0.2, 0.25) is 11.8 Å². The van der Waals surface area contributed by atoms with Gasteiger partial charge in [-0.3, -0.25) is 9.59 Å². The summed E-state index contributed by atoms with van der Waals surface area (Å²) in [6.45, 7) is 2.48. The number of amides is 2. The molecule has 0 unspecified atom stereocenters. The van der Waals surface area contributed by atoms with Crippen molar-refractivity contribution >= 4 is 69.8 Å². The zero-order chi connectivity index (χ0) is 22.4. The molecule has 0 atom stereocenters. The summed E-state index contributed by atoms with van der Waals surface area (Å²) in [5, 5.41) is 15.7. The smallest absolute Gasteiger partial charge is 0.234 e. The predicted molar refractivity (Wildman–Crippen MR) is 125 cm³/mol. The van der Waals surface area contributed by atoms with Crippen LogP contribution in [-0.4, -0.2) is 32.3 Å². The van der Waals surface area contributed by atoms with Crippen molar-refractivity contribution in [2.75, 3.05) is 16.4 Å². The Balaban J connectivity index is 1.58. The Morgan fingerprint density at radius 1 is 0.935 bits per heavy atom. The summed E-state index contributed by atoms with van der Waals surface area (Å²) in [5.41, 5.74) is 1.20. The molecule has 2 N–H and O–H groups in total. The number of anilines is 2. The standard InChI is InChI=1S/C20H18Cl3N5O2S/c1-2-28-17(10-18(29)25-14-7-8-15(22)16(23)9-14)26-27-20(28)31-11-19(30)24-13-5-3-12(21)4-6-13/h3-9H,2,10-11H2,1H3,(H,24,30)(H,25,29). The molecule has 2 aromatic carbocycles. The van der Waals surface area contributed by atoms with Crippen LogP contribution in [0.2, 0.25) is 15.1 Å². The summed E-state index contributed by atoms with van der Waals surface area (Å²) in [4.78, 5) is 24.6. The van der Waals surface area contributed by atoms with Crippen molar-refractivity contribution in [3.63, 3.8) is 0 Å². The first-order chi connectivity index (χ1) is 14.9. The van der Waals surface area contributed by atoms with Crippen LogP contribution in [0.1, 0.15) is 12.7 Å². The Labute approximate surface area is 198 Å². The molecule has 0 radical (unpaired) electrons. The number of nitrogens with zero attached hydrogens (tertiary/aromatic N) is 3. The molecule has 2 amide bonds. The summed E-state index contributed by atoms with van der Waals surface area (Å²) in [7, 11) is 0. The van der Waals surface area contributed by atoms with Crippen LogP contribution >= 0.6 is 46.6 Å². The van der Waals surface area contributed by atoms with E-state index in [1.807, 2.05) is 6.92 Å². The van der Waals surface area contributed by atoms with Crippen molar-refractivity contribution in [2.24, 2.45) is 0 Å². The molecule has 0 saturated heterocycles. The van der Waals surface area contributed by atoms with Crippen LogP contribution in [0.25, 0.3) is 0 Å². The number of aromatic nitrogens is 3. The highest BCUT2D eigenvalue weighted by molar-refractivity contribution is 7.99. The van der Waals surface area contributed by atoms with E-state index >= 15 is 0 Å². The van der Waals surface area contributed by atoms with Gasteiger partial charge in [0, 0.05) is 22.9 Å². The van der Waals surface area contributed by atoms with E-state index in [4.69, 9.17) is 34.8 Å². The van der Waals surface area contributed by atoms with Gasteiger partial charge in [-0.15, -0.1) is 10.2 Å². The van der Waals surface area contributed by atoms with E-state index in [-0.39, 0.29) is 24.0 Å². The molecule has 0 spiro atoms. The molecule has 3 aromatic rings. The highest BCUT2D eigenvalue weighted by Crippen LogP contribution is 2.25. The second kappa shape index (κ2) is 10.9. The third kappa shape index (κ3) is 6.61. The van der Waals surface area contributed by atoms with E-state index in [2.05, 4.69) is 20.8 Å². The summed E-state index contributed by atoms with van der Waals surface area (Å²) < 4.78 is 1.80. The molecule has 0 aliphatic heterocycles. The first-order valence-corrected chi connectivity index (χ1v) is 11.3. The fourth-order valence-corrected chi connectivity index (χ4v) is 3.90. The van der Waals surface area contributed by atoms with Gasteiger partial charge in [-0.1, -0.05) is 46.6 Å². The molecule has 1 aromatic heterocycles. The Kier molecular flexibility index (Phi) is 8.20. The molecule has 0 fully saturated rings. The summed E-state index contributed by atoms with van der Waals surface area (Å²) in [6.07, 6.45) is 0.0264. The molecule has 11 heteroatoms. The Hall–Kier alpha value is -2.26. The van der Waals surface area contributed by atoms with Crippen molar-refractivity contribution in [1.29, 1.82) is 0 Å². The number of halogens is 3. The topological polar surface area (TPSA) is 88.9 Å². The minimum Gasteiger partial charge on any atom is -0.326 e. The first-order valence-electron chi connectivity index (χ1n) is 9.21. The SMILES string of the molecule is CCn1c(CC(=O)Nc2ccc(Cl)c(Cl)c2)nnc1SCC(=O)Nc1ccc(Cl)cc1. The maximum Gasteiger partial charge on any atom is 0.234 e. The van der Waals surface area contributed by atoms with Crippen LogP contribution in [0.5, 0.6) is 0 Å². The van der Waals surface area contributed by atoms with Crippen LogP contribution in [0.3, 0.4) is 0 Å². The lowest BCUT2D eigenvalue weighted by Crippen LogP contribution is -2.18. The van der Waals surface area contributed by atoms with Gasteiger partial charge in [0.25, 0.3) is 0 Å². The largest absolute Gasteiger partial charge is 0.326 e. The van der Waals surface area contributed by atoms with Gasteiger partial charge in [-0.25, -0.2) is 0 Å². The number of carbonyl (C=O) groups excluding carboxylic acids is 2. The Morgan fingerprint density at radius 3 is 2.29 bits per heavy atom. The van der Waals surface area contributed by atoms with Gasteiger partial charge in [-0.2, -0.15) is 0 Å². The lowest BCUT2D eigenvalue weighted by atomic mass is 10.3. The minimum atomic E-state index is -0.266. The molecule has 0 bridgehead atoms. The number of rotatable bonds is 8. The van der Waals surface area contributed by atoms with Gasteiger partial charge in [-0.05, 0) is 49.4 Å². The molecular formula is C20H18Cl3N5O2S. The van der Waals surface area contributed by atoms with Crippen molar-refractivity contribution in [1.82, 2.24) is 14.8 Å². The van der Waals surface area contributed by atoms with Crippen LogP contribution in [-0.2, 0) is 22.6 Å². The number of carbonyl (C=O) groups is 2. The van der Waals surface area contributed by atoms with E-state index in [0.717, 1.165) is 0 Å². The second-order valence-corrected chi connectivity index (χ2v) is 8.53. The van der Waals surface area contributed by atoms with Crippen LogP contribution in [0, 0.1) is 0 Å². The van der Waals surface area contributed by atoms with Gasteiger partial charge in [0.15, 0.2) is 5.16 Å². The van der Waals surface area contributed by atoms with Gasteiger partial charge >= 0.3 is 0 Å². The third-order valence-electron chi connectivity index (χ3n) is 4.09. The van der Waals surface area contributed by atoms with E-state index < -0.39 is 0 Å². The van der Waals surface area contributed by atoms with Crippen molar-refractivity contribution in [3.05, 3.63) is 63.4 Å². The van der Waals surface area contributed by atoms with Crippen molar-refractivity contribution in [2.45, 2.75) is 25.0 Å². The van der Waals surface area contributed by atoms with Gasteiger partial charge < -0.3 is 15.2 Å². The molecular weight excluding hydrogens is 481 g/mol. The fraction of sp³-hybridized carbons (Fsp3) is 0.200. The number of nitrogens with one attached hydrogen (secondary N) is 2. The maximum atomic E-state index is 12.4. The van der Waals surface area contributed by atoms with Crippen LogP contribution in [0.15, 0.2) is 47.6 Å². The zero-order valence-corrected chi connectivity index (χ0v) is 19.4. The normalized spacial score (nSPS) is 10.7. The maximum absolute atomic E-state index is 12.4. The number of hydrogen-bond acceptors (Lipinski definition) is 5.